The molecule has 10 heteroatoms. The zero-order valence-corrected chi connectivity index (χ0v) is 17.9. The summed E-state index contributed by atoms with van der Waals surface area (Å²) in [4.78, 5) is 3.51. The van der Waals surface area contributed by atoms with E-state index < -0.39 is 26.4 Å². The van der Waals surface area contributed by atoms with Crippen LogP contribution in [-0.2, 0) is 21.7 Å². The largest absolute Gasteiger partial charge is 0.507 e. The summed E-state index contributed by atoms with van der Waals surface area (Å²) in [6.07, 6.45) is 1.21. The molecule has 0 fully saturated rings. The molecule has 0 saturated heterocycles. The molecular weight excluding hydrogens is 433 g/mol. The normalized spacial score (nSPS) is 18.2. The van der Waals surface area contributed by atoms with Gasteiger partial charge in [-0.3, -0.25) is 4.99 Å². The third-order valence-corrected chi connectivity index (χ3v) is 6.88. The molecule has 1 unspecified atom stereocenters. The Hall–Kier alpha value is -2.75. The summed E-state index contributed by atoms with van der Waals surface area (Å²) in [6.45, 7) is 6.36. The Kier molecular flexibility index (Phi) is 4.77. The molecule has 0 aromatic heterocycles. The smallest absolute Gasteiger partial charge is 0.501 e. The lowest BCUT2D eigenvalue weighted by Crippen LogP contribution is -2.24. The van der Waals surface area contributed by atoms with Crippen molar-refractivity contribution in [2.45, 2.75) is 49.2 Å². The van der Waals surface area contributed by atoms with Crippen molar-refractivity contribution in [2.75, 3.05) is 11.9 Å². The van der Waals surface area contributed by atoms with Crippen molar-refractivity contribution in [3.8, 4) is 11.5 Å². The molecule has 0 aliphatic carbocycles. The second-order valence-corrected chi connectivity index (χ2v) is 10.5. The van der Waals surface area contributed by atoms with Crippen LogP contribution in [0, 0.1) is 0 Å². The number of nitrogens with zero attached hydrogens (tertiary/aromatic N) is 1. The van der Waals surface area contributed by atoms with Gasteiger partial charge in [-0.1, -0.05) is 20.8 Å². The van der Waals surface area contributed by atoms with Crippen LogP contribution in [0.25, 0.3) is 0 Å². The van der Waals surface area contributed by atoms with Gasteiger partial charge in [0, 0.05) is 40.6 Å². The first-order valence-corrected chi connectivity index (χ1v) is 11.1. The number of anilines is 1. The number of aliphatic imine (C=N–C) groups is 1. The van der Waals surface area contributed by atoms with Gasteiger partial charge >= 0.3 is 5.51 Å². The fourth-order valence-corrected chi connectivity index (χ4v) is 4.59. The fourth-order valence-electron chi connectivity index (χ4n) is 3.79. The van der Waals surface area contributed by atoms with Crippen LogP contribution in [0.4, 0.5) is 18.9 Å². The maximum Gasteiger partial charge on any atom is 0.501 e. The van der Waals surface area contributed by atoms with E-state index >= 15 is 0 Å². The van der Waals surface area contributed by atoms with Crippen molar-refractivity contribution in [3.63, 3.8) is 0 Å². The van der Waals surface area contributed by atoms with Crippen molar-refractivity contribution in [1.29, 1.82) is 0 Å². The molecule has 0 saturated carbocycles. The van der Waals surface area contributed by atoms with Crippen LogP contribution >= 0.6 is 0 Å². The summed E-state index contributed by atoms with van der Waals surface area (Å²) < 4.78 is 67.7. The van der Waals surface area contributed by atoms with E-state index in [1.807, 2.05) is 26.8 Å². The fraction of sp³-hybridized carbons (Fsp3) is 0.381. The van der Waals surface area contributed by atoms with E-state index in [2.05, 4.69) is 10.3 Å². The molecule has 6 nitrogen and oxygen atoms in total. The minimum absolute atomic E-state index is 0.0890. The monoisotopic (exact) mass is 454 g/mol. The van der Waals surface area contributed by atoms with Crippen LogP contribution in [0.5, 0.6) is 11.5 Å². The molecule has 4 rings (SSSR count). The highest BCUT2D eigenvalue weighted by Crippen LogP contribution is 2.46. The third-order valence-electron chi connectivity index (χ3n) is 5.39. The number of sulfone groups is 1. The zero-order chi connectivity index (χ0) is 22.8. The number of halogens is 3. The van der Waals surface area contributed by atoms with Crippen molar-refractivity contribution in [2.24, 2.45) is 4.99 Å². The topological polar surface area (TPSA) is 88.0 Å². The molecule has 0 bridgehead atoms. The number of hydrogen-bond donors (Lipinski definition) is 2. The van der Waals surface area contributed by atoms with E-state index in [0.29, 0.717) is 35.6 Å². The van der Waals surface area contributed by atoms with Gasteiger partial charge in [0.15, 0.2) is 0 Å². The van der Waals surface area contributed by atoms with Crippen LogP contribution in [0.1, 0.15) is 49.2 Å². The first-order chi connectivity index (χ1) is 14.3. The molecule has 2 aromatic carbocycles. The maximum atomic E-state index is 12.9. The van der Waals surface area contributed by atoms with Gasteiger partial charge in [-0.25, -0.2) is 8.42 Å². The zero-order valence-electron chi connectivity index (χ0n) is 17.0. The van der Waals surface area contributed by atoms with Gasteiger partial charge in [0.25, 0.3) is 9.84 Å². The number of nitrogens with one attached hydrogen (secondary N) is 1. The molecule has 2 heterocycles. The Balaban J connectivity index is 1.77. The average Bonchev–Trinajstić information content (AvgIpc) is 3.13. The summed E-state index contributed by atoms with van der Waals surface area (Å²) in [5.41, 5.74) is -3.07. The van der Waals surface area contributed by atoms with Crippen molar-refractivity contribution in [3.05, 3.63) is 46.5 Å². The Labute approximate surface area is 177 Å². The molecule has 2 N–H and O–H groups in total. The summed E-state index contributed by atoms with van der Waals surface area (Å²) in [6, 6.07) is 4.94. The van der Waals surface area contributed by atoms with Gasteiger partial charge in [0.1, 0.15) is 17.7 Å². The Morgan fingerprint density at radius 2 is 1.90 bits per heavy atom. The number of hydrogen-bond acceptors (Lipinski definition) is 6. The molecule has 2 aliphatic heterocycles. The van der Waals surface area contributed by atoms with Gasteiger partial charge in [-0.05, 0) is 29.7 Å². The molecular formula is C21H21F3N2O4S. The van der Waals surface area contributed by atoms with Crippen LogP contribution in [0.2, 0.25) is 0 Å². The number of phenols is 1. The van der Waals surface area contributed by atoms with E-state index in [1.54, 1.807) is 0 Å². The lowest BCUT2D eigenvalue weighted by Gasteiger charge is -2.28. The number of ether oxygens (including phenoxy) is 1. The number of aromatic hydroxyl groups is 1. The third kappa shape index (κ3) is 3.52. The summed E-state index contributed by atoms with van der Waals surface area (Å²) in [5.74, 6) is 0.762. The van der Waals surface area contributed by atoms with Gasteiger partial charge in [-0.15, -0.1) is 0 Å². The van der Waals surface area contributed by atoms with E-state index in [9.17, 15) is 26.7 Å². The number of fused-ring (bicyclic) bond motifs is 2. The molecule has 31 heavy (non-hydrogen) atoms. The molecule has 2 aromatic rings. The quantitative estimate of drug-likeness (QED) is 0.700. The first kappa shape index (κ1) is 21.5. The molecule has 0 amide bonds. The maximum absolute atomic E-state index is 12.9. The Bertz CT molecular complexity index is 1200. The SMILES string of the molecule is CC(C)(C)c1cc2c(c(C3N=Cc4cc(S(=O)(=O)C(F)(F)F)ccc4N3)c1O)CCO2. The predicted molar refractivity (Wildman–Crippen MR) is 110 cm³/mol. The van der Waals surface area contributed by atoms with Crippen LogP contribution in [0.3, 0.4) is 0 Å². The van der Waals surface area contributed by atoms with Crippen molar-refractivity contribution < 1.29 is 31.4 Å². The van der Waals surface area contributed by atoms with Crippen LogP contribution < -0.4 is 10.1 Å². The molecule has 1 atom stereocenters. The standard InChI is InChI=1S/C21H21F3N2O4S/c1-20(2,3)14-9-16-13(6-7-30-16)17(18(14)27)19-25-10-11-8-12(4-5-15(11)26-19)31(28,29)21(22,23)24/h4-5,8-10,19,26-27H,6-7H2,1-3H3. The highest BCUT2D eigenvalue weighted by molar-refractivity contribution is 7.92. The minimum atomic E-state index is -5.46. The van der Waals surface area contributed by atoms with Gasteiger partial charge in [-0.2, -0.15) is 13.2 Å². The molecule has 2 aliphatic rings. The summed E-state index contributed by atoms with van der Waals surface area (Å²) >= 11 is 0. The number of alkyl halides is 3. The van der Waals surface area contributed by atoms with E-state index in [1.165, 1.54) is 12.3 Å². The number of benzene rings is 2. The number of rotatable bonds is 2. The molecule has 0 spiro atoms. The first-order valence-electron chi connectivity index (χ1n) is 9.58. The van der Waals surface area contributed by atoms with E-state index in [0.717, 1.165) is 17.7 Å². The van der Waals surface area contributed by atoms with Gasteiger partial charge in [0.2, 0.25) is 0 Å². The average molecular weight is 454 g/mol. The highest BCUT2D eigenvalue weighted by Gasteiger charge is 2.47. The molecule has 166 valence electrons. The second kappa shape index (κ2) is 6.88. The van der Waals surface area contributed by atoms with Gasteiger partial charge in [0.05, 0.1) is 11.5 Å². The van der Waals surface area contributed by atoms with Crippen LogP contribution in [0.15, 0.2) is 34.2 Å². The summed E-state index contributed by atoms with van der Waals surface area (Å²) in [7, 11) is -5.46. The van der Waals surface area contributed by atoms with Crippen LogP contribution in [-0.4, -0.2) is 31.9 Å². The van der Waals surface area contributed by atoms with Gasteiger partial charge < -0.3 is 15.2 Å². The highest BCUT2D eigenvalue weighted by atomic mass is 32.2. The van der Waals surface area contributed by atoms with E-state index in [-0.39, 0.29) is 16.7 Å². The lowest BCUT2D eigenvalue weighted by molar-refractivity contribution is -0.0436. The second-order valence-electron chi connectivity index (χ2n) is 8.53. The summed E-state index contributed by atoms with van der Waals surface area (Å²) in [5, 5.41) is 14.1. The Morgan fingerprint density at radius 1 is 1.19 bits per heavy atom. The van der Waals surface area contributed by atoms with Crippen molar-refractivity contribution in [1.82, 2.24) is 0 Å². The Morgan fingerprint density at radius 3 is 2.55 bits per heavy atom. The van der Waals surface area contributed by atoms with E-state index in [4.69, 9.17) is 4.74 Å². The van der Waals surface area contributed by atoms with Crippen molar-refractivity contribution >= 4 is 21.7 Å². The number of phenolic OH excluding ortho intramolecular Hbond substituents is 1. The lowest BCUT2D eigenvalue weighted by atomic mass is 9.83. The minimum Gasteiger partial charge on any atom is -0.507 e. The molecule has 0 radical (unpaired) electrons. The predicted octanol–water partition coefficient (Wildman–Crippen LogP) is 4.46.